The summed E-state index contributed by atoms with van der Waals surface area (Å²) in [5.74, 6) is 0.791. The lowest BCUT2D eigenvalue weighted by Gasteiger charge is -2.30. The second-order valence-electron chi connectivity index (χ2n) is 9.69. The molecule has 1 saturated heterocycles. The molecule has 0 spiro atoms. The van der Waals surface area contributed by atoms with Crippen LogP contribution < -0.4 is 10.9 Å². The van der Waals surface area contributed by atoms with Gasteiger partial charge in [0.1, 0.15) is 0 Å². The van der Waals surface area contributed by atoms with E-state index >= 15 is 0 Å². The van der Waals surface area contributed by atoms with Gasteiger partial charge < -0.3 is 5.32 Å². The van der Waals surface area contributed by atoms with E-state index in [0.29, 0.717) is 29.6 Å². The van der Waals surface area contributed by atoms with Crippen molar-refractivity contribution in [3.8, 4) is 0 Å². The van der Waals surface area contributed by atoms with Gasteiger partial charge in [0, 0.05) is 25.0 Å². The molecule has 1 amide bonds. The van der Waals surface area contributed by atoms with Gasteiger partial charge in [0.2, 0.25) is 0 Å². The molecule has 0 bridgehead atoms. The first-order valence-corrected chi connectivity index (χ1v) is 12.0. The lowest BCUT2D eigenvalue weighted by atomic mass is 9.98. The predicted molar refractivity (Wildman–Crippen MR) is 132 cm³/mol. The summed E-state index contributed by atoms with van der Waals surface area (Å²) in [5.41, 5.74) is 2.50. The molecule has 0 unspecified atom stereocenters. The van der Waals surface area contributed by atoms with Crippen molar-refractivity contribution in [3.05, 3.63) is 75.7 Å². The molecule has 6 heteroatoms. The van der Waals surface area contributed by atoms with Crippen LogP contribution in [-0.4, -0.2) is 33.7 Å². The number of nitrogens with zero attached hydrogens (tertiary/aromatic N) is 3. The van der Waals surface area contributed by atoms with Crippen molar-refractivity contribution < 1.29 is 4.79 Å². The number of hydrogen-bond acceptors (Lipinski definition) is 4. The molecular weight excluding hydrogens is 412 g/mol. The number of piperidine rings is 1. The summed E-state index contributed by atoms with van der Waals surface area (Å²) < 4.78 is 1.42. The molecule has 1 aromatic heterocycles. The summed E-state index contributed by atoms with van der Waals surface area (Å²) in [6.45, 7) is 10.4. The standard InChI is InChI=1S/C27H34N4O2/c1-19(2)17-31-27(33)24-11-7-6-10-23(24)25(29-31)26(32)28-16-21-8-4-5-9-22(21)18-30-14-12-20(3)13-15-30/h4-11,19-20H,12-18H2,1-3H3,(H,28,32). The van der Waals surface area contributed by atoms with Gasteiger partial charge in [-0.3, -0.25) is 14.5 Å². The second kappa shape index (κ2) is 10.3. The van der Waals surface area contributed by atoms with Gasteiger partial charge in [0.15, 0.2) is 5.69 Å². The van der Waals surface area contributed by atoms with Crippen LogP contribution in [0.1, 0.15) is 55.2 Å². The maximum Gasteiger partial charge on any atom is 0.274 e. The number of benzene rings is 2. The van der Waals surface area contributed by atoms with Crippen LogP contribution >= 0.6 is 0 Å². The van der Waals surface area contributed by atoms with E-state index in [1.165, 1.54) is 23.1 Å². The SMILES string of the molecule is CC(C)Cn1nc(C(=O)NCc2ccccc2CN2CCC(C)CC2)c2ccccc2c1=O. The van der Waals surface area contributed by atoms with Gasteiger partial charge in [-0.15, -0.1) is 0 Å². The van der Waals surface area contributed by atoms with Gasteiger partial charge in [-0.25, -0.2) is 4.68 Å². The fraction of sp³-hybridized carbons (Fsp3) is 0.444. The zero-order chi connectivity index (χ0) is 23.4. The number of carbonyl (C=O) groups is 1. The number of aromatic nitrogens is 2. The topological polar surface area (TPSA) is 67.2 Å². The Bertz CT molecular complexity index is 1180. The Labute approximate surface area is 195 Å². The number of amides is 1. The predicted octanol–water partition coefficient (Wildman–Crippen LogP) is 4.21. The first-order valence-electron chi connectivity index (χ1n) is 12.0. The van der Waals surface area contributed by atoms with Crippen LogP contribution in [0.15, 0.2) is 53.3 Å². The molecular formula is C27H34N4O2. The van der Waals surface area contributed by atoms with Crippen molar-refractivity contribution in [1.82, 2.24) is 20.0 Å². The quantitative estimate of drug-likeness (QED) is 0.590. The molecule has 1 aliphatic heterocycles. The minimum Gasteiger partial charge on any atom is -0.347 e. The molecule has 6 nitrogen and oxygen atoms in total. The Morgan fingerprint density at radius 2 is 1.67 bits per heavy atom. The summed E-state index contributed by atoms with van der Waals surface area (Å²) in [6.07, 6.45) is 2.48. The molecule has 1 aliphatic rings. The molecule has 0 radical (unpaired) electrons. The summed E-state index contributed by atoms with van der Waals surface area (Å²) >= 11 is 0. The Balaban J connectivity index is 1.54. The zero-order valence-electron chi connectivity index (χ0n) is 19.9. The van der Waals surface area contributed by atoms with E-state index in [4.69, 9.17) is 0 Å². The van der Waals surface area contributed by atoms with E-state index in [-0.39, 0.29) is 17.4 Å². The summed E-state index contributed by atoms with van der Waals surface area (Å²) in [7, 11) is 0. The number of nitrogens with one attached hydrogen (secondary N) is 1. The first-order chi connectivity index (χ1) is 15.9. The van der Waals surface area contributed by atoms with Crippen LogP contribution in [0.25, 0.3) is 10.8 Å². The molecule has 4 rings (SSSR count). The highest BCUT2D eigenvalue weighted by Gasteiger charge is 2.19. The number of likely N-dealkylation sites (tertiary alicyclic amines) is 1. The lowest BCUT2D eigenvalue weighted by Crippen LogP contribution is -2.33. The van der Waals surface area contributed by atoms with Crippen LogP contribution in [-0.2, 0) is 19.6 Å². The van der Waals surface area contributed by atoms with Crippen LogP contribution in [0.5, 0.6) is 0 Å². The zero-order valence-corrected chi connectivity index (χ0v) is 19.9. The van der Waals surface area contributed by atoms with E-state index < -0.39 is 0 Å². The molecule has 1 fully saturated rings. The average Bonchev–Trinajstić information content (AvgIpc) is 2.81. The molecule has 2 heterocycles. The minimum atomic E-state index is -0.259. The fourth-order valence-electron chi connectivity index (χ4n) is 4.48. The molecule has 1 N–H and O–H groups in total. The Morgan fingerprint density at radius 3 is 2.36 bits per heavy atom. The van der Waals surface area contributed by atoms with E-state index in [0.717, 1.165) is 31.1 Å². The highest BCUT2D eigenvalue weighted by molar-refractivity contribution is 6.04. The highest BCUT2D eigenvalue weighted by Crippen LogP contribution is 2.20. The molecule has 0 atom stereocenters. The largest absolute Gasteiger partial charge is 0.347 e. The minimum absolute atomic E-state index is 0.156. The third-order valence-electron chi connectivity index (χ3n) is 6.45. The number of fused-ring (bicyclic) bond motifs is 1. The monoisotopic (exact) mass is 446 g/mol. The first kappa shape index (κ1) is 23.2. The number of rotatable bonds is 7. The Hall–Kier alpha value is -2.99. The van der Waals surface area contributed by atoms with Gasteiger partial charge in [0.05, 0.1) is 5.39 Å². The van der Waals surface area contributed by atoms with Crippen molar-refractivity contribution in [2.75, 3.05) is 13.1 Å². The van der Waals surface area contributed by atoms with Gasteiger partial charge in [-0.05, 0) is 55.0 Å². The summed E-state index contributed by atoms with van der Waals surface area (Å²) in [5, 5.41) is 8.64. The lowest BCUT2D eigenvalue weighted by molar-refractivity contribution is 0.0944. The van der Waals surface area contributed by atoms with Crippen molar-refractivity contribution >= 4 is 16.7 Å². The molecule has 33 heavy (non-hydrogen) atoms. The van der Waals surface area contributed by atoms with Crippen LogP contribution in [0.3, 0.4) is 0 Å². The average molecular weight is 447 g/mol. The Kier molecular flexibility index (Phi) is 7.23. The van der Waals surface area contributed by atoms with Gasteiger partial charge in [-0.1, -0.05) is 63.2 Å². The highest BCUT2D eigenvalue weighted by atomic mass is 16.2. The van der Waals surface area contributed by atoms with E-state index in [9.17, 15) is 9.59 Å². The van der Waals surface area contributed by atoms with Gasteiger partial charge in [0.25, 0.3) is 11.5 Å². The van der Waals surface area contributed by atoms with Crippen molar-refractivity contribution in [1.29, 1.82) is 0 Å². The Morgan fingerprint density at radius 1 is 1.03 bits per heavy atom. The van der Waals surface area contributed by atoms with Crippen molar-refractivity contribution in [2.45, 2.75) is 53.2 Å². The van der Waals surface area contributed by atoms with E-state index in [1.54, 1.807) is 12.1 Å². The maximum atomic E-state index is 13.2. The third kappa shape index (κ3) is 5.50. The smallest absolute Gasteiger partial charge is 0.274 e. The second-order valence-corrected chi connectivity index (χ2v) is 9.69. The fourth-order valence-corrected chi connectivity index (χ4v) is 4.48. The van der Waals surface area contributed by atoms with Crippen LogP contribution in [0, 0.1) is 11.8 Å². The summed E-state index contributed by atoms with van der Waals surface area (Å²) in [4.78, 5) is 28.6. The van der Waals surface area contributed by atoms with Crippen LogP contribution in [0.4, 0.5) is 0 Å². The molecule has 0 saturated carbocycles. The van der Waals surface area contributed by atoms with Gasteiger partial charge in [-0.2, -0.15) is 5.10 Å². The van der Waals surface area contributed by atoms with Gasteiger partial charge >= 0.3 is 0 Å². The summed E-state index contributed by atoms with van der Waals surface area (Å²) in [6, 6.07) is 15.5. The van der Waals surface area contributed by atoms with E-state index in [1.807, 2.05) is 32.0 Å². The number of carbonyl (C=O) groups excluding carboxylic acids is 1. The molecule has 0 aliphatic carbocycles. The normalized spacial score (nSPS) is 15.3. The van der Waals surface area contributed by atoms with Crippen LogP contribution in [0.2, 0.25) is 0 Å². The number of hydrogen-bond donors (Lipinski definition) is 1. The molecule has 2 aromatic carbocycles. The maximum absolute atomic E-state index is 13.2. The third-order valence-corrected chi connectivity index (χ3v) is 6.45. The van der Waals surface area contributed by atoms with Crippen molar-refractivity contribution in [3.63, 3.8) is 0 Å². The van der Waals surface area contributed by atoms with Crippen molar-refractivity contribution in [2.24, 2.45) is 11.8 Å². The molecule has 174 valence electrons. The molecule has 3 aromatic rings. The van der Waals surface area contributed by atoms with E-state index in [2.05, 4.69) is 40.4 Å².